The molecule has 0 radical (unpaired) electrons. The molecule has 102 valence electrons. The van der Waals surface area contributed by atoms with Gasteiger partial charge in [-0.3, -0.25) is 9.71 Å². The summed E-state index contributed by atoms with van der Waals surface area (Å²) in [5.41, 5.74) is 0.465. The Morgan fingerprint density at radius 1 is 1.44 bits per heavy atom. The Bertz CT molecular complexity index is 479. The zero-order valence-corrected chi connectivity index (χ0v) is 12.9. The lowest BCUT2D eigenvalue weighted by atomic mass is 10.4. The molecule has 7 heteroatoms. The first-order valence-electron chi connectivity index (χ1n) is 5.78. The van der Waals surface area contributed by atoms with Gasteiger partial charge in [-0.1, -0.05) is 6.92 Å². The van der Waals surface area contributed by atoms with E-state index in [0.717, 1.165) is 17.4 Å². The van der Waals surface area contributed by atoms with E-state index in [-0.39, 0.29) is 0 Å². The monoisotopic (exact) mass is 335 g/mol. The molecule has 0 saturated carbocycles. The van der Waals surface area contributed by atoms with Gasteiger partial charge in [-0.05, 0) is 41.9 Å². The molecule has 0 amide bonds. The number of sulfonamides is 1. The SMILES string of the molecule is CCCNCC(C)S(=O)(=O)Nc1cncc(Br)c1. The predicted molar refractivity (Wildman–Crippen MR) is 77.1 cm³/mol. The third-order valence-electron chi connectivity index (χ3n) is 2.35. The van der Waals surface area contributed by atoms with E-state index in [9.17, 15) is 8.42 Å². The quantitative estimate of drug-likeness (QED) is 0.747. The van der Waals surface area contributed by atoms with Gasteiger partial charge in [0.05, 0.1) is 17.1 Å². The molecule has 0 saturated heterocycles. The van der Waals surface area contributed by atoms with Crippen LogP contribution in [0, 0.1) is 0 Å². The highest BCUT2D eigenvalue weighted by atomic mass is 79.9. The second kappa shape index (κ2) is 7.06. The molecular weight excluding hydrogens is 318 g/mol. The fourth-order valence-corrected chi connectivity index (χ4v) is 2.67. The van der Waals surface area contributed by atoms with E-state index in [1.54, 1.807) is 19.2 Å². The second-order valence-electron chi connectivity index (χ2n) is 4.05. The first-order chi connectivity index (χ1) is 8.45. The van der Waals surface area contributed by atoms with Crippen LogP contribution in [0.25, 0.3) is 0 Å². The van der Waals surface area contributed by atoms with Crippen LogP contribution in [0.5, 0.6) is 0 Å². The Hall–Kier alpha value is -0.660. The molecule has 1 atom stereocenters. The Balaban J connectivity index is 2.64. The molecule has 1 aromatic heterocycles. The summed E-state index contributed by atoms with van der Waals surface area (Å²) in [4.78, 5) is 3.91. The van der Waals surface area contributed by atoms with E-state index >= 15 is 0 Å². The van der Waals surface area contributed by atoms with Crippen molar-refractivity contribution in [1.82, 2.24) is 10.3 Å². The third-order valence-corrected chi connectivity index (χ3v) is 4.53. The second-order valence-corrected chi connectivity index (χ2v) is 7.07. The number of nitrogens with one attached hydrogen (secondary N) is 2. The van der Waals surface area contributed by atoms with Crippen molar-refractivity contribution in [2.75, 3.05) is 17.8 Å². The summed E-state index contributed by atoms with van der Waals surface area (Å²) >= 11 is 3.25. The first-order valence-corrected chi connectivity index (χ1v) is 8.12. The number of rotatable bonds is 7. The smallest absolute Gasteiger partial charge is 0.236 e. The van der Waals surface area contributed by atoms with Gasteiger partial charge < -0.3 is 5.32 Å². The highest BCUT2D eigenvalue weighted by Crippen LogP contribution is 2.16. The molecule has 0 aliphatic carbocycles. The number of halogens is 1. The molecule has 2 N–H and O–H groups in total. The number of aromatic nitrogens is 1. The van der Waals surface area contributed by atoms with Crippen LogP contribution in [-0.2, 0) is 10.0 Å². The lowest BCUT2D eigenvalue weighted by Gasteiger charge is -2.15. The first kappa shape index (κ1) is 15.4. The molecule has 0 fully saturated rings. The number of hydrogen-bond donors (Lipinski definition) is 2. The number of nitrogens with zero attached hydrogens (tertiary/aromatic N) is 1. The fourth-order valence-electron chi connectivity index (χ4n) is 1.32. The van der Waals surface area contributed by atoms with Gasteiger partial charge in [0.25, 0.3) is 0 Å². The molecule has 0 spiro atoms. The van der Waals surface area contributed by atoms with Gasteiger partial charge in [0.1, 0.15) is 0 Å². The van der Waals surface area contributed by atoms with Crippen molar-refractivity contribution >= 4 is 31.6 Å². The number of pyridine rings is 1. The summed E-state index contributed by atoms with van der Waals surface area (Å²) in [5.74, 6) is 0. The van der Waals surface area contributed by atoms with Crippen molar-refractivity contribution in [2.24, 2.45) is 0 Å². The van der Waals surface area contributed by atoms with E-state index in [1.807, 2.05) is 6.92 Å². The lowest BCUT2D eigenvalue weighted by molar-refractivity contribution is 0.576. The maximum Gasteiger partial charge on any atom is 0.236 e. The van der Waals surface area contributed by atoms with Gasteiger partial charge in [-0.15, -0.1) is 0 Å². The molecule has 0 aliphatic rings. The van der Waals surface area contributed by atoms with E-state index in [4.69, 9.17) is 0 Å². The summed E-state index contributed by atoms with van der Waals surface area (Å²) in [7, 11) is -3.38. The number of hydrogen-bond acceptors (Lipinski definition) is 4. The lowest BCUT2D eigenvalue weighted by Crippen LogP contribution is -2.35. The highest BCUT2D eigenvalue weighted by molar-refractivity contribution is 9.10. The molecule has 1 heterocycles. The Labute approximate surface area is 117 Å². The number of anilines is 1. The molecule has 5 nitrogen and oxygen atoms in total. The van der Waals surface area contributed by atoms with Crippen LogP contribution in [0.1, 0.15) is 20.3 Å². The average molecular weight is 336 g/mol. The molecule has 1 rings (SSSR count). The molecule has 0 aliphatic heterocycles. The molecule has 0 aromatic carbocycles. The molecule has 1 aromatic rings. The van der Waals surface area contributed by atoms with Crippen molar-refractivity contribution in [3.63, 3.8) is 0 Å². The molecular formula is C11H18BrN3O2S. The van der Waals surface area contributed by atoms with Crippen molar-refractivity contribution in [3.05, 3.63) is 22.9 Å². The van der Waals surface area contributed by atoms with Gasteiger partial charge in [0.15, 0.2) is 0 Å². The van der Waals surface area contributed by atoms with Crippen molar-refractivity contribution in [2.45, 2.75) is 25.5 Å². The van der Waals surface area contributed by atoms with Crippen molar-refractivity contribution < 1.29 is 8.42 Å². The van der Waals surface area contributed by atoms with Crippen LogP contribution in [0.15, 0.2) is 22.9 Å². The van der Waals surface area contributed by atoms with Crippen LogP contribution in [0.4, 0.5) is 5.69 Å². The van der Waals surface area contributed by atoms with Crippen LogP contribution in [0.3, 0.4) is 0 Å². The van der Waals surface area contributed by atoms with E-state index in [2.05, 4.69) is 31.0 Å². The minimum Gasteiger partial charge on any atom is -0.315 e. The van der Waals surface area contributed by atoms with Crippen LogP contribution in [0.2, 0.25) is 0 Å². The maximum atomic E-state index is 12.0. The van der Waals surface area contributed by atoms with E-state index < -0.39 is 15.3 Å². The topological polar surface area (TPSA) is 71.1 Å². The minimum absolute atomic E-state index is 0.435. The van der Waals surface area contributed by atoms with Crippen LogP contribution < -0.4 is 10.0 Å². The van der Waals surface area contributed by atoms with E-state index in [1.165, 1.54) is 6.20 Å². The van der Waals surface area contributed by atoms with Gasteiger partial charge in [-0.25, -0.2) is 8.42 Å². The summed E-state index contributed by atoms with van der Waals surface area (Å²) in [6.07, 6.45) is 4.06. The van der Waals surface area contributed by atoms with Gasteiger partial charge in [-0.2, -0.15) is 0 Å². The Morgan fingerprint density at radius 2 is 2.17 bits per heavy atom. The van der Waals surface area contributed by atoms with Gasteiger partial charge in [0, 0.05) is 17.2 Å². The fraction of sp³-hybridized carbons (Fsp3) is 0.545. The molecule has 1 unspecified atom stereocenters. The Morgan fingerprint density at radius 3 is 2.78 bits per heavy atom. The highest BCUT2D eigenvalue weighted by Gasteiger charge is 2.20. The molecule has 18 heavy (non-hydrogen) atoms. The van der Waals surface area contributed by atoms with Crippen LogP contribution in [-0.4, -0.2) is 31.7 Å². The maximum absolute atomic E-state index is 12.0. The van der Waals surface area contributed by atoms with E-state index in [0.29, 0.717) is 12.2 Å². The zero-order chi connectivity index (χ0) is 13.6. The predicted octanol–water partition coefficient (Wildman–Crippen LogP) is 1.97. The normalized spacial score (nSPS) is 13.3. The van der Waals surface area contributed by atoms with Crippen LogP contribution >= 0.6 is 15.9 Å². The third kappa shape index (κ3) is 4.91. The van der Waals surface area contributed by atoms with Crippen molar-refractivity contribution in [1.29, 1.82) is 0 Å². The minimum atomic E-state index is -3.38. The summed E-state index contributed by atoms with van der Waals surface area (Å²) in [6, 6.07) is 1.68. The molecule has 0 bridgehead atoms. The largest absolute Gasteiger partial charge is 0.315 e. The zero-order valence-electron chi connectivity index (χ0n) is 10.5. The van der Waals surface area contributed by atoms with Gasteiger partial charge in [0.2, 0.25) is 10.0 Å². The summed E-state index contributed by atoms with van der Waals surface area (Å²) < 4.78 is 27.3. The average Bonchev–Trinajstić information content (AvgIpc) is 2.28. The summed E-state index contributed by atoms with van der Waals surface area (Å²) in [6.45, 7) is 4.97. The van der Waals surface area contributed by atoms with Gasteiger partial charge >= 0.3 is 0 Å². The Kier molecular flexibility index (Phi) is 6.04. The summed E-state index contributed by atoms with van der Waals surface area (Å²) in [5, 5.41) is 2.60. The van der Waals surface area contributed by atoms with Crippen molar-refractivity contribution in [3.8, 4) is 0 Å². The standard InChI is InChI=1S/C11H18BrN3O2S/c1-3-4-13-6-9(2)18(16,17)15-11-5-10(12)7-14-8-11/h5,7-9,13,15H,3-4,6H2,1-2H3.